The number of likely N-dealkylation sites (tertiary alicyclic amines) is 1. The zero-order valence-corrected chi connectivity index (χ0v) is 14.3. The van der Waals surface area contributed by atoms with Crippen LogP contribution in [0.1, 0.15) is 35.8 Å². The van der Waals surface area contributed by atoms with Crippen LogP contribution in [0.25, 0.3) is 10.6 Å². The zero-order chi connectivity index (χ0) is 16.4. The van der Waals surface area contributed by atoms with E-state index in [-0.39, 0.29) is 17.9 Å². The lowest BCUT2D eigenvalue weighted by molar-refractivity contribution is 0.0466. The Labute approximate surface area is 140 Å². The summed E-state index contributed by atoms with van der Waals surface area (Å²) in [6.45, 7) is 5.18. The number of carbonyl (C=O) groups excluding carboxylic acids is 1. The number of aromatic nitrogens is 1. The number of hydrogen-bond acceptors (Lipinski definition) is 4. The SMILES string of the molecule is Cc1csc(-c2cccc(C(=O)N3CCCC(C(C)O)C3)c2)n1. The number of aliphatic hydroxyl groups excluding tert-OH is 1. The van der Waals surface area contributed by atoms with Crippen molar-refractivity contribution in [3.8, 4) is 10.6 Å². The molecule has 2 unspecified atom stereocenters. The molecule has 5 heteroatoms. The quantitative estimate of drug-likeness (QED) is 0.939. The fourth-order valence-corrected chi connectivity index (χ4v) is 3.84. The Hall–Kier alpha value is -1.72. The molecule has 2 aromatic rings. The molecule has 1 aromatic carbocycles. The van der Waals surface area contributed by atoms with Crippen LogP contribution in [0.4, 0.5) is 0 Å². The average molecular weight is 330 g/mol. The van der Waals surface area contributed by atoms with Crippen LogP contribution >= 0.6 is 11.3 Å². The topological polar surface area (TPSA) is 53.4 Å². The Morgan fingerprint density at radius 2 is 2.30 bits per heavy atom. The van der Waals surface area contributed by atoms with Crippen molar-refractivity contribution in [3.05, 3.63) is 40.9 Å². The fraction of sp³-hybridized carbons (Fsp3) is 0.444. The number of rotatable bonds is 3. The molecule has 4 nitrogen and oxygen atoms in total. The Balaban J connectivity index is 1.80. The van der Waals surface area contributed by atoms with E-state index in [0.717, 1.165) is 35.7 Å². The zero-order valence-electron chi connectivity index (χ0n) is 13.5. The molecule has 0 bridgehead atoms. The summed E-state index contributed by atoms with van der Waals surface area (Å²) in [7, 11) is 0. The van der Waals surface area contributed by atoms with E-state index >= 15 is 0 Å². The second-order valence-corrected chi connectivity index (χ2v) is 7.13. The predicted molar refractivity (Wildman–Crippen MR) is 92.6 cm³/mol. The molecule has 1 aromatic heterocycles. The third-order valence-corrected chi connectivity index (χ3v) is 5.41. The summed E-state index contributed by atoms with van der Waals surface area (Å²) in [5, 5.41) is 12.8. The van der Waals surface area contributed by atoms with Crippen molar-refractivity contribution in [1.82, 2.24) is 9.88 Å². The third-order valence-electron chi connectivity index (χ3n) is 4.40. The van der Waals surface area contributed by atoms with Crippen molar-refractivity contribution in [1.29, 1.82) is 0 Å². The average Bonchev–Trinajstić information content (AvgIpc) is 3.01. The molecule has 0 spiro atoms. The van der Waals surface area contributed by atoms with Crippen LogP contribution in [-0.2, 0) is 0 Å². The minimum Gasteiger partial charge on any atom is -0.393 e. The van der Waals surface area contributed by atoms with Gasteiger partial charge < -0.3 is 10.0 Å². The van der Waals surface area contributed by atoms with E-state index in [9.17, 15) is 9.90 Å². The van der Waals surface area contributed by atoms with Crippen molar-refractivity contribution >= 4 is 17.2 Å². The summed E-state index contributed by atoms with van der Waals surface area (Å²) in [6, 6.07) is 7.68. The van der Waals surface area contributed by atoms with E-state index in [4.69, 9.17) is 0 Å². The minimum atomic E-state index is -0.366. The maximum Gasteiger partial charge on any atom is 0.253 e. The van der Waals surface area contributed by atoms with Crippen LogP contribution < -0.4 is 0 Å². The number of piperidine rings is 1. The monoisotopic (exact) mass is 330 g/mol. The summed E-state index contributed by atoms with van der Waals surface area (Å²) in [5.74, 6) is 0.225. The van der Waals surface area contributed by atoms with E-state index in [2.05, 4.69) is 4.98 Å². The molecule has 1 fully saturated rings. The van der Waals surface area contributed by atoms with Gasteiger partial charge in [0.1, 0.15) is 5.01 Å². The van der Waals surface area contributed by atoms with E-state index < -0.39 is 0 Å². The second kappa shape index (κ2) is 6.81. The molecule has 23 heavy (non-hydrogen) atoms. The number of aryl methyl sites for hydroxylation is 1. The summed E-state index contributed by atoms with van der Waals surface area (Å²) in [6.07, 6.45) is 1.57. The van der Waals surface area contributed by atoms with Crippen molar-refractivity contribution < 1.29 is 9.90 Å². The van der Waals surface area contributed by atoms with Crippen molar-refractivity contribution in [2.45, 2.75) is 32.8 Å². The Bertz CT molecular complexity index is 696. The molecular weight excluding hydrogens is 308 g/mol. The molecule has 2 atom stereocenters. The summed E-state index contributed by atoms with van der Waals surface area (Å²) in [5.41, 5.74) is 2.68. The first-order valence-corrected chi connectivity index (χ1v) is 8.92. The van der Waals surface area contributed by atoms with Gasteiger partial charge in [-0.25, -0.2) is 4.98 Å². The molecular formula is C18H22N2O2S. The minimum absolute atomic E-state index is 0.0467. The number of carbonyl (C=O) groups is 1. The van der Waals surface area contributed by atoms with Crippen molar-refractivity contribution in [2.75, 3.05) is 13.1 Å². The smallest absolute Gasteiger partial charge is 0.253 e. The van der Waals surface area contributed by atoms with Gasteiger partial charge in [-0.1, -0.05) is 12.1 Å². The summed E-state index contributed by atoms with van der Waals surface area (Å²) < 4.78 is 0. The molecule has 1 aliphatic heterocycles. The van der Waals surface area contributed by atoms with E-state index in [1.54, 1.807) is 11.3 Å². The number of nitrogens with zero attached hydrogens (tertiary/aromatic N) is 2. The highest BCUT2D eigenvalue weighted by Crippen LogP contribution is 2.26. The first-order valence-electron chi connectivity index (χ1n) is 8.04. The van der Waals surface area contributed by atoms with Gasteiger partial charge in [0, 0.05) is 41.2 Å². The van der Waals surface area contributed by atoms with Crippen LogP contribution in [0.2, 0.25) is 0 Å². The highest BCUT2D eigenvalue weighted by molar-refractivity contribution is 7.13. The molecule has 0 radical (unpaired) electrons. The molecule has 2 heterocycles. The largest absolute Gasteiger partial charge is 0.393 e. The van der Waals surface area contributed by atoms with Gasteiger partial charge in [-0.15, -0.1) is 11.3 Å². The number of hydrogen-bond donors (Lipinski definition) is 1. The van der Waals surface area contributed by atoms with Crippen LogP contribution in [-0.4, -0.2) is 40.1 Å². The first kappa shape index (κ1) is 16.1. The summed E-state index contributed by atoms with van der Waals surface area (Å²) >= 11 is 1.59. The lowest BCUT2D eigenvalue weighted by Gasteiger charge is -2.34. The van der Waals surface area contributed by atoms with E-state index in [1.165, 1.54) is 0 Å². The Morgan fingerprint density at radius 3 is 3.00 bits per heavy atom. The van der Waals surface area contributed by atoms with E-state index in [1.807, 2.05) is 48.4 Å². The van der Waals surface area contributed by atoms with Gasteiger partial charge in [0.25, 0.3) is 5.91 Å². The van der Waals surface area contributed by atoms with Crippen LogP contribution in [0.3, 0.4) is 0 Å². The maximum atomic E-state index is 12.8. The van der Waals surface area contributed by atoms with Gasteiger partial charge in [0.05, 0.1) is 6.10 Å². The van der Waals surface area contributed by atoms with Gasteiger partial charge in [-0.05, 0) is 38.8 Å². The Morgan fingerprint density at radius 1 is 1.48 bits per heavy atom. The lowest BCUT2D eigenvalue weighted by Crippen LogP contribution is -2.42. The number of aliphatic hydroxyl groups is 1. The van der Waals surface area contributed by atoms with Crippen LogP contribution in [0, 0.1) is 12.8 Å². The molecule has 122 valence electrons. The normalized spacial score (nSPS) is 19.6. The standard InChI is InChI=1S/C18H22N2O2S/c1-12-11-23-17(19-12)14-5-3-6-15(9-14)18(22)20-8-4-7-16(10-20)13(2)21/h3,5-6,9,11,13,16,21H,4,7-8,10H2,1-2H3. The third kappa shape index (κ3) is 3.62. The van der Waals surface area contributed by atoms with Gasteiger partial charge >= 0.3 is 0 Å². The molecule has 1 amide bonds. The Kier molecular flexibility index (Phi) is 4.78. The first-order chi connectivity index (χ1) is 11.0. The molecule has 0 saturated carbocycles. The van der Waals surface area contributed by atoms with Gasteiger partial charge in [-0.2, -0.15) is 0 Å². The lowest BCUT2D eigenvalue weighted by atomic mass is 9.93. The van der Waals surface area contributed by atoms with Crippen molar-refractivity contribution in [2.24, 2.45) is 5.92 Å². The summed E-state index contributed by atoms with van der Waals surface area (Å²) in [4.78, 5) is 19.1. The predicted octanol–water partition coefficient (Wildman–Crippen LogP) is 3.35. The second-order valence-electron chi connectivity index (χ2n) is 6.27. The van der Waals surface area contributed by atoms with Crippen LogP contribution in [0.15, 0.2) is 29.6 Å². The molecule has 1 saturated heterocycles. The maximum absolute atomic E-state index is 12.8. The highest BCUT2D eigenvalue weighted by atomic mass is 32.1. The van der Waals surface area contributed by atoms with Gasteiger partial charge in [0.15, 0.2) is 0 Å². The number of amides is 1. The van der Waals surface area contributed by atoms with Gasteiger partial charge in [0.2, 0.25) is 0 Å². The fourth-order valence-electron chi connectivity index (χ4n) is 3.04. The van der Waals surface area contributed by atoms with Crippen LogP contribution in [0.5, 0.6) is 0 Å². The number of benzene rings is 1. The molecule has 3 rings (SSSR count). The van der Waals surface area contributed by atoms with E-state index in [0.29, 0.717) is 12.1 Å². The number of thiazole rings is 1. The molecule has 0 aliphatic carbocycles. The van der Waals surface area contributed by atoms with Crippen molar-refractivity contribution in [3.63, 3.8) is 0 Å². The molecule has 1 aliphatic rings. The highest BCUT2D eigenvalue weighted by Gasteiger charge is 2.27. The van der Waals surface area contributed by atoms with Gasteiger partial charge in [-0.3, -0.25) is 4.79 Å². The molecule has 1 N–H and O–H groups in total.